The zero-order valence-corrected chi connectivity index (χ0v) is 17.7. The highest BCUT2D eigenvalue weighted by Gasteiger charge is 2.25. The third-order valence-corrected chi connectivity index (χ3v) is 5.91. The predicted molar refractivity (Wildman–Crippen MR) is 114 cm³/mol. The van der Waals surface area contributed by atoms with E-state index in [4.69, 9.17) is 10.2 Å². The van der Waals surface area contributed by atoms with Crippen LogP contribution in [0, 0.1) is 0 Å². The number of hydrogen-bond donors (Lipinski definition) is 3. The number of carboxylic acids is 2. The number of carboxylic acid groups (broad SMARTS) is 2. The predicted octanol–water partition coefficient (Wildman–Crippen LogP) is 3.77. The number of carbonyl (C=O) groups is 3. The molecule has 1 aromatic rings. The number of aromatic carboxylic acids is 1. The number of thioether (sulfide) groups is 1. The van der Waals surface area contributed by atoms with Crippen molar-refractivity contribution in [2.24, 2.45) is 0 Å². The van der Waals surface area contributed by atoms with E-state index in [-0.39, 0.29) is 23.9 Å². The van der Waals surface area contributed by atoms with Gasteiger partial charge in [-0.3, -0.25) is 9.59 Å². The van der Waals surface area contributed by atoms with Crippen LogP contribution in [0.5, 0.6) is 0 Å². The van der Waals surface area contributed by atoms with Crippen LogP contribution in [0.2, 0.25) is 0 Å². The molecule has 30 heavy (non-hydrogen) atoms. The number of amides is 1. The normalized spacial score (nSPS) is 18.0. The van der Waals surface area contributed by atoms with Crippen molar-refractivity contribution in [1.82, 2.24) is 4.90 Å². The summed E-state index contributed by atoms with van der Waals surface area (Å²) in [5, 5.41) is 28.0. The van der Waals surface area contributed by atoms with Crippen LogP contribution in [0.25, 0.3) is 0 Å². The van der Waals surface area contributed by atoms with Crippen molar-refractivity contribution in [2.75, 3.05) is 6.54 Å². The molecule has 1 unspecified atom stereocenters. The minimum absolute atomic E-state index is 0.0640. The van der Waals surface area contributed by atoms with Gasteiger partial charge in [0, 0.05) is 24.3 Å². The molecule has 3 N–H and O–H groups in total. The Morgan fingerprint density at radius 2 is 1.97 bits per heavy atom. The number of rotatable bonds is 12. The summed E-state index contributed by atoms with van der Waals surface area (Å²) >= 11 is 1.15. The minimum atomic E-state index is -1.01. The number of aliphatic hydroxyl groups excluding tert-OH is 1. The third-order valence-electron chi connectivity index (χ3n) is 4.99. The van der Waals surface area contributed by atoms with Crippen LogP contribution in [0.4, 0.5) is 0 Å². The smallest absolute Gasteiger partial charge is 0.335 e. The number of likely N-dealkylation sites (tertiary alicyclic amines) is 1. The molecule has 1 saturated heterocycles. The van der Waals surface area contributed by atoms with Gasteiger partial charge >= 0.3 is 11.9 Å². The molecule has 1 fully saturated rings. The number of carbonyl (C=O) groups excluding carboxylic acids is 1. The Bertz CT molecular complexity index is 766. The van der Waals surface area contributed by atoms with Crippen molar-refractivity contribution in [3.05, 3.63) is 42.0 Å². The molecule has 2 atom stereocenters. The average Bonchev–Trinajstić information content (AvgIpc) is 2.70. The maximum atomic E-state index is 12.3. The number of piperidine rings is 1. The van der Waals surface area contributed by atoms with E-state index in [9.17, 15) is 19.5 Å². The zero-order chi connectivity index (χ0) is 21.9. The summed E-state index contributed by atoms with van der Waals surface area (Å²) in [6.45, 7) is 0.630. The number of benzene rings is 1. The van der Waals surface area contributed by atoms with Gasteiger partial charge in [-0.05, 0) is 50.0 Å². The van der Waals surface area contributed by atoms with E-state index in [0.29, 0.717) is 24.3 Å². The molecule has 1 aliphatic rings. The molecule has 0 saturated carbocycles. The minimum Gasteiger partial charge on any atom is -0.481 e. The highest BCUT2D eigenvalue weighted by atomic mass is 32.2. The van der Waals surface area contributed by atoms with E-state index in [1.54, 1.807) is 18.2 Å². The molecule has 0 bridgehead atoms. The second-order valence-electron chi connectivity index (χ2n) is 7.33. The lowest BCUT2D eigenvalue weighted by molar-refractivity contribution is -0.137. The van der Waals surface area contributed by atoms with Crippen LogP contribution >= 0.6 is 11.8 Å². The van der Waals surface area contributed by atoms with Gasteiger partial charge in [0.2, 0.25) is 5.91 Å². The zero-order valence-electron chi connectivity index (χ0n) is 16.9. The maximum Gasteiger partial charge on any atom is 0.335 e. The SMILES string of the molecule is O=C(O)CCCCCCN1C(=O)CCC[C@@H]1C=CC(O)Sc1cccc(C(=O)O)c1. The van der Waals surface area contributed by atoms with Gasteiger partial charge in [0.1, 0.15) is 5.44 Å². The Hall–Kier alpha value is -2.32. The molecule has 8 heteroatoms. The number of hydrogen-bond acceptors (Lipinski definition) is 5. The number of aliphatic hydroxyl groups is 1. The van der Waals surface area contributed by atoms with Crippen molar-refractivity contribution in [3.8, 4) is 0 Å². The summed E-state index contributed by atoms with van der Waals surface area (Å²) in [6, 6.07) is 6.34. The molecule has 0 aromatic heterocycles. The van der Waals surface area contributed by atoms with Gasteiger partial charge in [-0.2, -0.15) is 0 Å². The van der Waals surface area contributed by atoms with Gasteiger partial charge in [-0.15, -0.1) is 0 Å². The van der Waals surface area contributed by atoms with Crippen LogP contribution in [-0.2, 0) is 9.59 Å². The molecule has 0 radical (unpaired) electrons. The number of unbranched alkanes of at least 4 members (excludes halogenated alkanes) is 3. The first-order valence-corrected chi connectivity index (χ1v) is 11.1. The highest BCUT2D eigenvalue weighted by molar-refractivity contribution is 7.99. The van der Waals surface area contributed by atoms with Crippen LogP contribution in [0.1, 0.15) is 61.7 Å². The highest BCUT2D eigenvalue weighted by Crippen LogP contribution is 2.25. The first-order chi connectivity index (χ1) is 14.4. The average molecular weight is 436 g/mol. The molecular formula is C22H29NO6S. The summed E-state index contributed by atoms with van der Waals surface area (Å²) in [6.07, 6.45) is 9.07. The Morgan fingerprint density at radius 1 is 1.20 bits per heavy atom. The first kappa shape index (κ1) is 24.0. The van der Waals surface area contributed by atoms with E-state index < -0.39 is 17.4 Å². The second kappa shape index (κ2) is 12.4. The van der Waals surface area contributed by atoms with Gasteiger partial charge in [0.25, 0.3) is 0 Å². The molecule has 7 nitrogen and oxygen atoms in total. The fourth-order valence-electron chi connectivity index (χ4n) is 3.45. The summed E-state index contributed by atoms with van der Waals surface area (Å²) in [4.78, 5) is 36.5. The number of aliphatic carboxylic acids is 1. The van der Waals surface area contributed by atoms with Crippen molar-refractivity contribution in [2.45, 2.75) is 67.7 Å². The van der Waals surface area contributed by atoms with Gasteiger partial charge in [0.05, 0.1) is 11.6 Å². The quantitative estimate of drug-likeness (QED) is 0.198. The Labute approximate surface area is 180 Å². The molecule has 0 aliphatic carbocycles. The molecule has 1 heterocycles. The first-order valence-electron chi connectivity index (χ1n) is 10.2. The van der Waals surface area contributed by atoms with Gasteiger partial charge < -0.3 is 20.2 Å². The Balaban J connectivity index is 1.86. The largest absolute Gasteiger partial charge is 0.481 e. The summed E-state index contributed by atoms with van der Waals surface area (Å²) < 4.78 is 0. The summed E-state index contributed by atoms with van der Waals surface area (Å²) in [5.74, 6) is -1.68. The molecule has 1 aliphatic heterocycles. The fraction of sp³-hybridized carbons (Fsp3) is 0.500. The van der Waals surface area contributed by atoms with E-state index >= 15 is 0 Å². The monoisotopic (exact) mass is 435 g/mol. The molecule has 0 spiro atoms. The second-order valence-corrected chi connectivity index (χ2v) is 8.52. The Morgan fingerprint density at radius 3 is 2.70 bits per heavy atom. The molecule has 1 amide bonds. The maximum absolute atomic E-state index is 12.3. The van der Waals surface area contributed by atoms with Gasteiger partial charge in [0.15, 0.2) is 0 Å². The molecule has 1 aromatic carbocycles. The van der Waals surface area contributed by atoms with Gasteiger partial charge in [-0.1, -0.05) is 36.7 Å². The Kier molecular flexibility index (Phi) is 9.89. The van der Waals surface area contributed by atoms with Crippen LogP contribution in [-0.4, -0.2) is 56.1 Å². The topological polar surface area (TPSA) is 115 Å². The van der Waals surface area contributed by atoms with Gasteiger partial charge in [-0.25, -0.2) is 4.79 Å². The van der Waals surface area contributed by atoms with E-state index in [1.807, 2.05) is 11.0 Å². The van der Waals surface area contributed by atoms with Crippen LogP contribution in [0.3, 0.4) is 0 Å². The summed E-state index contributed by atoms with van der Waals surface area (Å²) in [7, 11) is 0. The van der Waals surface area contributed by atoms with E-state index in [2.05, 4.69) is 0 Å². The van der Waals surface area contributed by atoms with Crippen molar-refractivity contribution < 1.29 is 29.7 Å². The fourth-order valence-corrected chi connectivity index (χ4v) is 4.25. The van der Waals surface area contributed by atoms with Crippen molar-refractivity contribution >= 4 is 29.6 Å². The van der Waals surface area contributed by atoms with E-state index in [0.717, 1.165) is 43.9 Å². The number of nitrogens with zero attached hydrogens (tertiary/aromatic N) is 1. The van der Waals surface area contributed by atoms with E-state index in [1.165, 1.54) is 12.1 Å². The third kappa shape index (κ3) is 8.20. The lowest BCUT2D eigenvalue weighted by Crippen LogP contribution is -2.43. The molecule has 164 valence electrons. The lowest BCUT2D eigenvalue weighted by atomic mass is 10.00. The molecular weight excluding hydrogens is 406 g/mol. The molecule has 2 rings (SSSR count). The van der Waals surface area contributed by atoms with Crippen molar-refractivity contribution in [3.63, 3.8) is 0 Å². The summed E-state index contributed by atoms with van der Waals surface area (Å²) in [5.41, 5.74) is -0.674. The standard InChI is InChI=1S/C22H29NO6S/c24-19-10-6-8-17(23(19)14-4-2-1-3-11-20(25)26)12-13-21(27)30-18-9-5-7-16(15-18)22(28)29/h5,7,9,12-13,15,17,21,27H,1-4,6,8,10-11,14H2,(H,25,26)(H,28,29)/t17-,21?/m1/s1. The lowest BCUT2D eigenvalue weighted by Gasteiger charge is -2.34. The van der Waals surface area contributed by atoms with Crippen molar-refractivity contribution in [1.29, 1.82) is 0 Å². The van der Waals surface area contributed by atoms with Crippen LogP contribution in [0.15, 0.2) is 41.3 Å². The van der Waals surface area contributed by atoms with Crippen LogP contribution < -0.4 is 0 Å².